The molecule has 10 nitrogen and oxygen atoms in total. The van der Waals surface area contributed by atoms with Crippen molar-refractivity contribution in [2.75, 3.05) is 7.11 Å². The van der Waals surface area contributed by atoms with Crippen LogP contribution in [-0.2, 0) is 11.3 Å². The molecule has 6 heterocycles. The van der Waals surface area contributed by atoms with Crippen molar-refractivity contribution in [3.05, 3.63) is 47.3 Å². The normalized spacial score (nSPS) is 24.3. The van der Waals surface area contributed by atoms with E-state index in [-0.39, 0.29) is 36.9 Å². The Bertz CT molecular complexity index is 1840. The van der Waals surface area contributed by atoms with Crippen LogP contribution in [0.1, 0.15) is 79.7 Å². The molecule has 1 unspecified atom stereocenters. The van der Waals surface area contributed by atoms with E-state index in [1.54, 1.807) is 7.11 Å². The zero-order valence-electron chi connectivity index (χ0n) is 25.3. The molecule has 3 N–H and O–H groups in total. The molecule has 4 fully saturated rings. The average molecular weight is 600 g/mol. The highest BCUT2D eigenvalue weighted by Gasteiger charge is 2.51. The van der Waals surface area contributed by atoms with Crippen LogP contribution in [0, 0.1) is 12.8 Å². The van der Waals surface area contributed by atoms with E-state index >= 15 is 0 Å². The van der Waals surface area contributed by atoms with Gasteiger partial charge in [-0.3, -0.25) is 14.0 Å². The predicted octanol–water partition coefficient (Wildman–Crippen LogP) is 4.46. The molecule has 44 heavy (non-hydrogen) atoms. The summed E-state index contributed by atoms with van der Waals surface area (Å²) in [5, 5.41) is 3.77. The zero-order valence-corrected chi connectivity index (χ0v) is 25.3. The fourth-order valence-corrected chi connectivity index (χ4v) is 7.35. The summed E-state index contributed by atoms with van der Waals surface area (Å²) in [4.78, 5) is 38.2. The third-order valence-electron chi connectivity index (χ3n) is 10.2. The largest absolute Gasteiger partial charge is 0.482 e. The zero-order chi connectivity index (χ0) is 30.5. The third kappa shape index (κ3) is 4.30. The first-order valence-corrected chi connectivity index (χ1v) is 15.8. The monoisotopic (exact) mass is 599 g/mol. The van der Waals surface area contributed by atoms with Crippen molar-refractivity contribution >= 4 is 28.5 Å². The molecule has 0 aromatic carbocycles. The van der Waals surface area contributed by atoms with Crippen LogP contribution in [-0.4, -0.2) is 66.6 Å². The standard InChI is InChI=1S/C33H38FN7O3/c1-17(36-32(43)33(34)10-11-33)24-8-6-20-12-26(39(30(20)37-24)16-19-4-5-19)29-18(2)40-27(38-29)13-21(14-28(40)44-3)31(42)41-22-7-9-25(41)23(35)15-22/h6,8,12-14,17,19,22-23,25H,4-5,7,9-11,15-16,35H2,1-3H3,(H,36,43)/t17-,22+,23-,25?/m1/s1. The van der Waals surface area contributed by atoms with E-state index in [1.165, 1.54) is 0 Å². The highest BCUT2D eigenvalue weighted by molar-refractivity contribution is 5.97. The van der Waals surface area contributed by atoms with Gasteiger partial charge in [-0.1, -0.05) is 0 Å². The molecule has 4 aromatic rings. The highest BCUT2D eigenvalue weighted by Crippen LogP contribution is 2.41. The molecule has 11 heteroatoms. The molecule has 2 saturated carbocycles. The lowest BCUT2D eigenvalue weighted by Gasteiger charge is -2.23. The number of fused-ring (bicyclic) bond motifs is 4. The van der Waals surface area contributed by atoms with Crippen molar-refractivity contribution in [2.24, 2.45) is 11.7 Å². The van der Waals surface area contributed by atoms with E-state index in [4.69, 9.17) is 20.4 Å². The number of hydrogen-bond donors (Lipinski definition) is 2. The Morgan fingerprint density at radius 2 is 1.95 bits per heavy atom. The maximum atomic E-state index is 14.3. The molecular formula is C33H38FN7O3. The fraction of sp³-hybridized carbons (Fsp3) is 0.515. The molecule has 4 aromatic heterocycles. The molecule has 4 aliphatic rings. The highest BCUT2D eigenvalue weighted by atomic mass is 19.1. The number of amides is 2. The molecule has 2 bridgehead atoms. The number of nitrogens with zero attached hydrogens (tertiary/aromatic N) is 5. The van der Waals surface area contributed by atoms with Crippen LogP contribution in [0.2, 0.25) is 0 Å². The number of pyridine rings is 2. The summed E-state index contributed by atoms with van der Waals surface area (Å²) < 4.78 is 24.3. The third-order valence-corrected chi connectivity index (χ3v) is 10.2. The first-order chi connectivity index (χ1) is 21.1. The number of aryl methyl sites for hydroxylation is 1. The Labute approximate surface area is 254 Å². The lowest BCUT2D eigenvalue weighted by Crippen LogP contribution is -2.40. The molecule has 2 saturated heterocycles. The van der Waals surface area contributed by atoms with Gasteiger partial charge in [0.15, 0.2) is 11.5 Å². The van der Waals surface area contributed by atoms with Crippen LogP contribution in [0.4, 0.5) is 4.39 Å². The van der Waals surface area contributed by atoms with Gasteiger partial charge in [0, 0.05) is 41.7 Å². The number of halogens is 1. The second kappa shape index (κ2) is 9.76. The van der Waals surface area contributed by atoms with Gasteiger partial charge in [-0.25, -0.2) is 14.4 Å². The minimum atomic E-state index is -1.73. The summed E-state index contributed by atoms with van der Waals surface area (Å²) in [6.45, 7) is 4.65. The van der Waals surface area contributed by atoms with Gasteiger partial charge < -0.3 is 25.3 Å². The lowest BCUT2D eigenvalue weighted by atomic mass is 9.97. The van der Waals surface area contributed by atoms with Gasteiger partial charge in [0.1, 0.15) is 17.0 Å². The Hall–Kier alpha value is -3.99. The van der Waals surface area contributed by atoms with Crippen molar-refractivity contribution in [3.63, 3.8) is 0 Å². The summed E-state index contributed by atoms with van der Waals surface area (Å²) in [5.41, 5.74) is 9.93. The van der Waals surface area contributed by atoms with Crippen molar-refractivity contribution < 1.29 is 18.7 Å². The summed E-state index contributed by atoms with van der Waals surface area (Å²) in [6, 6.07) is 9.56. The first kappa shape index (κ1) is 27.6. The van der Waals surface area contributed by atoms with Crippen molar-refractivity contribution in [3.8, 4) is 17.3 Å². The van der Waals surface area contributed by atoms with Crippen LogP contribution < -0.4 is 15.8 Å². The first-order valence-electron chi connectivity index (χ1n) is 15.8. The minimum absolute atomic E-state index is 0.0189. The van der Waals surface area contributed by atoms with E-state index < -0.39 is 17.6 Å². The Morgan fingerprint density at radius 1 is 1.16 bits per heavy atom. The van der Waals surface area contributed by atoms with Gasteiger partial charge in [-0.05, 0) is 89.0 Å². The van der Waals surface area contributed by atoms with Crippen molar-refractivity contribution in [2.45, 2.75) is 95.2 Å². The SMILES string of the molecule is COc1cc(C(=O)N2C3CC[C@H]2C[C@H]3N)cc2nc(-c3cc4ccc([C@@H](C)NC(=O)C5(F)CC5)nc4n3CC3CC3)c(C)n12. The molecule has 0 radical (unpaired) electrons. The maximum absolute atomic E-state index is 14.3. The summed E-state index contributed by atoms with van der Waals surface area (Å²) in [6.07, 6.45) is 5.68. The number of alkyl halides is 1. The molecule has 2 amide bonds. The lowest BCUT2D eigenvalue weighted by molar-refractivity contribution is -0.128. The van der Waals surface area contributed by atoms with Crippen LogP contribution in [0.25, 0.3) is 28.1 Å². The van der Waals surface area contributed by atoms with Gasteiger partial charge >= 0.3 is 0 Å². The van der Waals surface area contributed by atoms with Gasteiger partial charge in [-0.15, -0.1) is 0 Å². The van der Waals surface area contributed by atoms with E-state index in [9.17, 15) is 14.0 Å². The number of methoxy groups -OCH3 is 1. The van der Waals surface area contributed by atoms with E-state index in [0.29, 0.717) is 28.7 Å². The van der Waals surface area contributed by atoms with Gasteiger partial charge in [0.25, 0.3) is 11.8 Å². The fourth-order valence-electron chi connectivity index (χ4n) is 7.35. The molecule has 4 atom stereocenters. The Kier molecular flexibility index (Phi) is 6.11. The van der Waals surface area contributed by atoms with Crippen LogP contribution in [0.5, 0.6) is 5.88 Å². The van der Waals surface area contributed by atoms with E-state index in [0.717, 1.165) is 66.8 Å². The average Bonchev–Trinajstić information content (AvgIpc) is 3.84. The molecular weight excluding hydrogens is 561 g/mol. The van der Waals surface area contributed by atoms with E-state index in [1.807, 2.05) is 47.4 Å². The minimum Gasteiger partial charge on any atom is -0.482 e. The predicted molar refractivity (Wildman–Crippen MR) is 163 cm³/mol. The van der Waals surface area contributed by atoms with E-state index in [2.05, 4.69) is 16.0 Å². The van der Waals surface area contributed by atoms with Gasteiger partial charge in [0.2, 0.25) is 0 Å². The number of carbonyl (C=O) groups excluding carboxylic acids is 2. The van der Waals surface area contributed by atoms with Crippen molar-refractivity contribution in [1.82, 2.24) is 29.2 Å². The number of nitrogens with two attached hydrogens (primary N) is 1. The number of nitrogens with one attached hydrogen (secondary N) is 1. The Morgan fingerprint density at radius 3 is 2.61 bits per heavy atom. The topological polar surface area (TPSA) is 120 Å². The number of imidazole rings is 1. The van der Waals surface area contributed by atoms with Crippen LogP contribution >= 0.6 is 0 Å². The molecule has 2 aliphatic heterocycles. The van der Waals surface area contributed by atoms with Gasteiger partial charge in [0.05, 0.1) is 30.2 Å². The number of rotatable bonds is 8. The smallest absolute Gasteiger partial charge is 0.258 e. The van der Waals surface area contributed by atoms with Gasteiger partial charge in [-0.2, -0.15) is 0 Å². The second-order valence-electron chi connectivity index (χ2n) is 13.3. The van der Waals surface area contributed by atoms with Crippen LogP contribution in [0.3, 0.4) is 0 Å². The van der Waals surface area contributed by atoms with Crippen molar-refractivity contribution in [1.29, 1.82) is 0 Å². The summed E-state index contributed by atoms with van der Waals surface area (Å²) in [5.74, 6) is 0.531. The van der Waals surface area contributed by atoms with Crippen LogP contribution in [0.15, 0.2) is 30.3 Å². The molecule has 230 valence electrons. The molecule has 8 rings (SSSR count). The Balaban J connectivity index is 1.19. The second-order valence-corrected chi connectivity index (χ2v) is 13.3. The number of hydrogen-bond acceptors (Lipinski definition) is 6. The maximum Gasteiger partial charge on any atom is 0.258 e. The summed E-state index contributed by atoms with van der Waals surface area (Å²) in [7, 11) is 1.61. The number of carbonyl (C=O) groups is 2. The molecule has 2 aliphatic carbocycles. The summed E-state index contributed by atoms with van der Waals surface area (Å²) >= 11 is 0. The number of aromatic nitrogens is 4. The quantitative estimate of drug-likeness (QED) is 0.309. The molecule has 0 spiro atoms. The number of ether oxygens (including phenoxy) is 1.